The molecule has 0 spiro atoms. The molecular weight excluding hydrogens is 266 g/mol. The summed E-state index contributed by atoms with van der Waals surface area (Å²) in [5, 5.41) is 8.78. The van der Waals surface area contributed by atoms with Gasteiger partial charge in [-0.25, -0.2) is 0 Å². The second-order valence-corrected chi connectivity index (χ2v) is 6.24. The number of hydrogen-bond acceptors (Lipinski definition) is 3. The molecule has 0 aromatic carbocycles. The summed E-state index contributed by atoms with van der Waals surface area (Å²) in [6.07, 6.45) is 7.87. The molecule has 104 valence electrons. The minimum absolute atomic E-state index is 0.703. The molecule has 0 N–H and O–H groups in total. The van der Waals surface area contributed by atoms with E-state index in [4.69, 9.17) is 11.6 Å². The zero-order chi connectivity index (χ0) is 13.2. The summed E-state index contributed by atoms with van der Waals surface area (Å²) in [6, 6.07) is 0. The maximum atomic E-state index is 5.69. The molecule has 0 bridgehead atoms. The Balaban J connectivity index is 2.40. The molecule has 1 aliphatic rings. The molecular formula is C13H24ClN3S. The van der Waals surface area contributed by atoms with Gasteiger partial charge in [0.15, 0.2) is 5.17 Å². The number of halogens is 1. The Morgan fingerprint density at radius 3 is 2.72 bits per heavy atom. The number of nitrogens with zero attached hydrogens (tertiary/aromatic N) is 3. The highest BCUT2D eigenvalue weighted by Gasteiger charge is 2.17. The molecule has 0 radical (unpaired) electrons. The third-order valence-electron chi connectivity index (χ3n) is 3.25. The molecule has 0 atom stereocenters. The van der Waals surface area contributed by atoms with Crippen molar-refractivity contribution in [1.29, 1.82) is 0 Å². The molecule has 1 rings (SSSR count). The van der Waals surface area contributed by atoms with E-state index in [0.717, 1.165) is 29.8 Å². The fraction of sp³-hybridized carbons (Fsp3) is 0.846. The molecule has 0 saturated heterocycles. The van der Waals surface area contributed by atoms with Crippen LogP contribution in [-0.4, -0.2) is 42.0 Å². The van der Waals surface area contributed by atoms with Crippen LogP contribution in [0.25, 0.3) is 0 Å². The van der Waals surface area contributed by atoms with Crippen LogP contribution in [0.1, 0.15) is 38.5 Å². The van der Waals surface area contributed by atoms with Gasteiger partial charge in [-0.2, -0.15) is 5.10 Å². The van der Waals surface area contributed by atoms with Gasteiger partial charge in [0.1, 0.15) is 0 Å². The molecule has 1 saturated carbocycles. The predicted molar refractivity (Wildman–Crippen MR) is 84.0 cm³/mol. The van der Waals surface area contributed by atoms with Crippen molar-refractivity contribution in [1.82, 2.24) is 4.90 Å². The summed E-state index contributed by atoms with van der Waals surface area (Å²) < 4.78 is 0. The molecule has 5 heteroatoms. The van der Waals surface area contributed by atoms with Gasteiger partial charge in [0.25, 0.3) is 0 Å². The maximum absolute atomic E-state index is 5.69. The number of thioether (sulfide) groups is 1. The highest BCUT2D eigenvalue weighted by molar-refractivity contribution is 8.13. The van der Waals surface area contributed by atoms with Gasteiger partial charge in [0.2, 0.25) is 0 Å². The highest BCUT2D eigenvalue weighted by Crippen LogP contribution is 2.25. The first-order chi connectivity index (χ1) is 8.77. The van der Waals surface area contributed by atoms with Crippen LogP contribution in [0.4, 0.5) is 0 Å². The average Bonchev–Trinajstić information content (AvgIpc) is 2.39. The second-order valence-electron chi connectivity index (χ2n) is 4.80. The van der Waals surface area contributed by atoms with Crippen LogP contribution >= 0.6 is 23.4 Å². The van der Waals surface area contributed by atoms with Crippen molar-refractivity contribution in [2.24, 2.45) is 16.1 Å². The zero-order valence-corrected chi connectivity index (χ0v) is 12.8. The lowest BCUT2D eigenvalue weighted by molar-refractivity contribution is 0.298. The molecule has 0 aromatic heterocycles. The Morgan fingerprint density at radius 2 is 2.11 bits per heavy atom. The van der Waals surface area contributed by atoms with Crippen LogP contribution in [0.15, 0.2) is 10.2 Å². The van der Waals surface area contributed by atoms with Crippen LogP contribution in [0.3, 0.4) is 0 Å². The van der Waals surface area contributed by atoms with E-state index in [9.17, 15) is 0 Å². The van der Waals surface area contributed by atoms with Crippen molar-refractivity contribution < 1.29 is 0 Å². The Morgan fingerprint density at radius 1 is 1.39 bits per heavy atom. The van der Waals surface area contributed by atoms with E-state index in [0.29, 0.717) is 5.88 Å². The second kappa shape index (κ2) is 9.68. The Kier molecular flexibility index (Phi) is 8.51. The fourth-order valence-corrected chi connectivity index (χ4v) is 3.50. The Hall–Kier alpha value is -0.220. The summed E-state index contributed by atoms with van der Waals surface area (Å²) in [5.74, 6) is 2.51. The third kappa shape index (κ3) is 6.10. The molecule has 0 aromatic rings. The number of hydrogen-bond donors (Lipinski definition) is 0. The standard InChI is InChI=1S/C13H24ClN3S/c1-15-16-13(18-10-6-9-14)17(2)11-12-7-4-3-5-8-12/h12H,1,3-11H2,2H3/b16-13+. The first-order valence-corrected chi connectivity index (χ1v) is 8.23. The lowest BCUT2D eigenvalue weighted by Gasteiger charge is -2.28. The van der Waals surface area contributed by atoms with Gasteiger partial charge in [-0.15, -0.1) is 16.7 Å². The largest absolute Gasteiger partial charge is 0.353 e. The minimum atomic E-state index is 0.703. The smallest absolute Gasteiger partial charge is 0.185 e. The van der Waals surface area contributed by atoms with Crippen molar-refractivity contribution in [2.75, 3.05) is 25.2 Å². The molecule has 3 nitrogen and oxygen atoms in total. The fourth-order valence-electron chi connectivity index (χ4n) is 2.33. The summed E-state index contributed by atoms with van der Waals surface area (Å²) in [5.41, 5.74) is 0. The Labute approximate surface area is 120 Å². The van der Waals surface area contributed by atoms with Gasteiger partial charge < -0.3 is 4.90 Å². The normalized spacial score (nSPS) is 17.8. The summed E-state index contributed by atoms with van der Waals surface area (Å²) in [4.78, 5) is 2.23. The van der Waals surface area contributed by atoms with E-state index < -0.39 is 0 Å². The lowest BCUT2D eigenvalue weighted by Crippen LogP contribution is -2.31. The monoisotopic (exact) mass is 289 g/mol. The van der Waals surface area contributed by atoms with Gasteiger partial charge in [-0.3, -0.25) is 0 Å². The van der Waals surface area contributed by atoms with E-state index >= 15 is 0 Å². The Bertz CT molecular complexity index is 265. The SMILES string of the molecule is C=N/N=C(/SCCCCl)N(C)CC1CCCCC1. The van der Waals surface area contributed by atoms with Crippen molar-refractivity contribution >= 4 is 35.2 Å². The topological polar surface area (TPSA) is 28.0 Å². The van der Waals surface area contributed by atoms with Crippen molar-refractivity contribution in [2.45, 2.75) is 38.5 Å². The first kappa shape index (κ1) is 15.8. The predicted octanol–water partition coefficient (Wildman–Crippen LogP) is 3.83. The molecule has 0 heterocycles. The average molecular weight is 290 g/mol. The highest BCUT2D eigenvalue weighted by atomic mass is 35.5. The number of rotatable bonds is 6. The minimum Gasteiger partial charge on any atom is -0.353 e. The zero-order valence-electron chi connectivity index (χ0n) is 11.3. The van der Waals surface area contributed by atoms with Crippen molar-refractivity contribution in [3.63, 3.8) is 0 Å². The van der Waals surface area contributed by atoms with E-state index in [1.807, 2.05) is 0 Å². The van der Waals surface area contributed by atoms with Crippen LogP contribution in [-0.2, 0) is 0 Å². The van der Waals surface area contributed by atoms with Gasteiger partial charge in [-0.1, -0.05) is 31.0 Å². The molecule has 0 unspecified atom stereocenters. The summed E-state index contributed by atoms with van der Waals surface area (Å²) in [7, 11) is 2.10. The van der Waals surface area contributed by atoms with Crippen LogP contribution < -0.4 is 0 Å². The van der Waals surface area contributed by atoms with Crippen LogP contribution in [0.5, 0.6) is 0 Å². The van der Waals surface area contributed by atoms with Crippen LogP contribution in [0, 0.1) is 5.92 Å². The van der Waals surface area contributed by atoms with Crippen molar-refractivity contribution in [3.05, 3.63) is 0 Å². The van der Waals surface area contributed by atoms with Gasteiger partial charge in [-0.05, 0) is 25.2 Å². The molecule has 18 heavy (non-hydrogen) atoms. The summed E-state index contributed by atoms with van der Waals surface area (Å²) in [6.45, 7) is 4.54. The van der Waals surface area contributed by atoms with Gasteiger partial charge in [0, 0.05) is 31.9 Å². The van der Waals surface area contributed by atoms with E-state index in [2.05, 4.69) is 28.9 Å². The van der Waals surface area contributed by atoms with Gasteiger partial charge >= 0.3 is 0 Å². The first-order valence-electron chi connectivity index (χ1n) is 6.71. The van der Waals surface area contributed by atoms with Gasteiger partial charge in [0.05, 0.1) is 0 Å². The van der Waals surface area contributed by atoms with E-state index in [1.165, 1.54) is 32.1 Å². The molecule has 1 fully saturated rings. The van der Waals surface area contributed by atoms with Crippen molar-refractivity contribution in [3.8, 4) is 0 Å². The molecule has 0 aliphatic heterocycles. The third-order valence-corrected chi connectivity index (χ3v) is 4.66. The molecule has 0 amide bonds. The quantitative estimate of drug-likeness (QED) is 0.244. The number of alkyl halides is 1. The number of amidine groups is 1. The van der Waals surface area contributed by atoms with E-state index in [1.54, 1.807) is 11.8 Å². The van der Waals surface area contributed by atoms with Crippen LogP contribution in [0.2, 0.25) is 0 Å². The lowest BCUT2D eigenvalue weighted by atomic mass is 9.89. The maximum Gasteiger partial charge on any atom is 0.185 e. The van der Waals surface area contributed by atoms with E-state index in [-0.39, 0.29) is 0 Å². The summed E-state index contributed by atoms with van der Waals surface area (Å²) >= 11 is 7.42. The molecule has 1 aliphatic carbocycles.